The van der Waals surface area contributed by atoms with Gasteiger partial charge in [-0.1, -0.05) is 11.6 Å². The topological polar surface area (TPSA) is 43.8 Å². The second-order valence-electron chi connectivity index (χ2n) is 7.09. The van der Waals surface area contributed by atoms with Crippen LogP contribution >= 0.6 is 11.6 Å². The molecule has 2 saturated heterocycles. The molecule has 1 atom stereocenters. The van der Waals surface area contributed by atoms with Gasteiger partial charge in [-0.15, -0.1) is 0 Å². The summed E-state index contributed by atoms with van der Waals surface area (Å²) in [5, 5.41) is 9.72. The minimum atomic E-state index is -0.222. The Bertz CT molecular complexity index is 613. The van der Waals surface area contributed by atoms with E-state index in [-0.39, 0.29) is 23.7 Å². The van der Waals surface area contributed by atoms with E-state index in [1.165, 1.54) is 6.07 Å². The Balaban J connectivity index is 1.69. The standard InChI is InChI=1S/C18H24ClFN2O2/c19-15-2-3-16(20)14(10-15)11-21-7-1-5-18(12-21)6-4-17(24)22(13-18)8-9-23/h2-3,10,23H,1,4-9,11-13H2/t18-/m1/s1. The first-order valence-electron chi connectivity index (χ1n) is 8.56. The lowest BCUT2D eigenvalue weighted by molar-refractivity contribution is -0.140. The van der Waals surface area contributed by atoms with Gasteiger partial charge in [0.25, 0.3) is 0 Å². The molecule has 6 heteroatoms. The van der Waals surface area contributed by atoms with Crippen LogP contribution in [0.15, 0.2) is 18.2 Å². The van der Waals surface area contributed by atoms with Gasteiger partial charge in [-0.25, -0.2) is 4.39 Å². The number of hydrogen-bond acceptors (Lipinski definition) is 3. The number of piperidine rings is 2. The molecule has 0 aromatic heterocycles. The molecule has 132 valence electrons. The number of rotatable bonds is 4. The highest BCUT2D eigenvalue weighted by Crippen LogP contribution is 2.39. The summed E-state index contributed by atoms with van der Waals surface area (Å²) in [4.78, 5) is 16.1. The lowest BCUT2D eigenvalue weighted by Crippen LogP contribution is -2.54. The van der Waals surface area contributed by atoms with Gasteiger partial charge in [-0.3, -0.25) is 9.69 Å². The van der Waals surface area contributed by atoms with Crippen molar-refractivity contribution in [2.24, 2.45) is 5.41 Å². The molecule has 2 aliphatic heterocycles. The molecule has 1 spiro atoms. The van der Waals surface area contributed by atoms with Gasteiger partial charge in [-0.2, -0.15) is 0 Å². The zero-order chi connectivity index (χ0) is 17.2. The van der Waals surface area contributed by atoms with E-state index in [4.69, 9.17) is 16.7 Å². The molecular formula is C18H24ClFN2O2. The Kier molecular flexibility index (Phi) is 5.42. The minimum absolute atomic E-state index is 0.000734. The Morgan fingerprint density at radius 1 is 1.29 bits per heavy atom. The summed E-state index contributed by atoms with van der Waals surface area (Å²) < 4.78 is 14.0. The number of likely N-dealkylation sites (tertiary alicyclic amines) is 2. The maximum absolute atomic E-state index is 14.0. The van der Waals surface area contributed by atoms with E-state index in [9.17, 15) is 9.18 Å². The highest BCUT2D eigenvalue weighted by atomic mass is 35.5. The lowest BCUT2D eigenvalue weighted by Gasteiger charge is -2.48. The van der Waals surface area contributed by atoms with Gasteiger partial charge in [0.2, 0.25) is 5.91 Å². The summed E-state index contributed by atoms with van der Waals surface area (Å²) in [6.45, 7) is 3.43. The maximum Gasteiger partial charge on any atom is 0.222 e. The summed E-state index contributed by atoms with van der Waals surface area (Å²) in [5.41, 5.74) is 0.690. The molecule has 2 heterocycles. The van der Waals surface area contributed by atoms with Crippen LogP contribution in [0.1, 0.15) is 31.2 Å². The van der Waals surface area contributed by atoms with E-state index < -0.39 is 0 Å². The molecule has 0 unspecified atom stereocenters. The largest absolute Gasteiger partial charge is 0.395 e. The molecule has 2 fully saturated rings. The van der Waals surface area contributed by atoms with Crippen LogP contribution < -0.4 is 0 Å². The van der Waals surface area contributed by atoms with E-state index in [1.807, 2.05) is 0 Å². The number of benzene rings is 1. The molecule has 3 rings (SSSR count). The third kappa shape index (κ3) is 3.90. The summed E-state index contributed by atoms with van der Waals surface area (Å²) in [6.07, 6.45) is 3.54. The summed E-state index contributed by atoms with van der Waals surface area (Å²) >= 11 is 5.99. The van der Waals surface area contributed by atoms with Crippen LogP contribution in [0.3, 0.4) is 0 Å². The monoisotopic (exact) mass is 354 g/mol. The highest BCUT2D eigenvalue weighted by Gasteiger charge is 2.41. The first-order chi connectivity index (χ1) is 11.5. The average Bonchev–Trinajstić information content (AvgIpc) is 2.55. The predicted octanol–water partition coefficient (Wildman–Crippen LogP) is 2.68. The molecule has 1 N–H and O–H groups in total. The van der Waals surface area contributed by atoms with Gasteiger partial charge in [0, 0.05) is 48.6 Å². The molecule has 1 aromatic rings. The van der Waals surface area contributed by atoms with Crippen LogP contribution in [0.5, 0.6) is 0 Å². The van der Waals surface area contributed by atoms with E-state index in [0.29, 0.717) is 36.6 Å². The van der Waals surface area contributed by atoms with Crippen LogP contribution in [-0.2, 0) is 11.3 Å². The van der Waals surface area contributed by atoms with E-state index >= 15 is 0 Å². The fourth-order valence-electron chi connectivity index (χ4n) is 4.11. The van der Waals surface area contributed by atoms with Gasteiger partial charge < -0.3 is 10.0 Å². The molecular weight excluding hydrogens is 331 g/mol. The summed E-state index contributed by atoms with van der Waals surface area (Å²) in [7, 11) is 0. The molecule has 1 amide bonds. The van der Waals surface area contributed by atoms with Crippen molar-refractivity contribution in [3.63, 3.8) is 0 Å². The van der Waals surface area contributed by atoms with Crippen LogP contribution in [0.25, 0.3) is 0 Å². The second kappa shape index (κ2) is 7.38. The minimum Gasteiger partial charge on any atom is -0.395 e. The smallest absolute Gasteiger partial charge is 0.222 e. The maximum atomic E-state index is 14.0. The van der Waals surface area contributed by atoms with Crippen LogP contribution in [0.2, 0.25) is 5.02 Å². The van der Waals surface area contributed by atoms with Crippen molar-refractivity contribution < 1.29 is 14.3 Å². The van der Waals surface area contributed by atoms with Crippen molar-refractivity contribution in [3.8, 4) is 0 Å². The summed E-state index contributed by atoms with van der Waals surface area (Å²) in [5.74, 6) is -0.0903. The van der Waals surface area contributed by atoms with Gasteiger partial charge >= 0.3 is 0 Å². The zero-order valence-electron chi connectivity index (χ0n) is 13.8. The first-order valence-corrected chi connectivity index (χ1v) is 8.94. The van der Waals surface area contributed by atoms with Gasteiger partial charge in [0.15, 0.2) is 0 Å². The molecule has 0 bridgehead atoms. The molecule has 0 aliphatic carbocycles. The third-order valence-electron chi connectivity index (χ3n) is 5.26. The van der Waals surface area contributed by atoms with E-state index in [1.54, 1.807) is 17.0 Å². The lowest BCUT2D eigenvalue weighted by atomic mass is 9.73. The van der Waals surface area contributed by atoms with Crippen LogP contribution in [-0.4, -0.2) is 53.6 Å². The SMILES string of the molecule is O=C1CC[C@@]2(CCCN(Cc3cc(Cl)ccc3F)C2)CN1CCO. The molecule has 4 nitrogen and oxygen atoms in total. The fraction of sp³-hybridized carbons (Fsp3) is 0.611. The van der Waals surface area contributed by atoms with Gasteiger partial charge in [0.05, 0.1) is 6.61 Å². The number of aliphatic hydroxyl groups excluding tert-OH is 1. The molecule has 0 saturated carbocycles. The Hall–Kier alpha value is -1.17. The Morgan fingerprint density at radius 2 is 2.12 bits per heavy atom. The average molecular weight is 355 g/mol. The third-order valence-corrected chi connectivity index (χ3v) is 5.50. The number of carbonyl (C=O) groups excluding carboxylic acids is 1. The number of β-amino-alcohol motifs (C(OH)–C–C–N with tert-alkyl or cyclic N) is 1. The number of hydrogen-bond donors (Lipinski definition) is 1. The molecule has 0 radical (unpaired) electrons. The highest BCUT2D eigenvalue weighted by molar-refractivity contribution is 6.30. The zero-order valence-corrected chi connectivity index (χ0v) is 14.6. The Labute approximate surface area is 147 Å². The van der Waals surface area contributed by atoms with Crippen LogP contribution in [0.4, 0.5) is 4.39 Å². The van der Waals surface area contributed by atoms with Gasteiger partial charge in [-0.05, 0) is 44.0 Å². The number of amides is 1. The van der Waals surface area contributed by atoms with E-state index in [2.05, 4.69) is 4.90 Å². The van der Waals surface area contributed by atoms with Crippen LogP contribution in [0, 0.1) is 11.2 Å². The van der Waals surface area contributed by atoms with Crippen molar-refractivity contribution in [3.05, 3.63) is 34.6 Å². The second-order valence-corrected chi connectivity index (χ2v) is 7.53. The van der Waals surface area contributed by atoms with Crippen molar-refractivity contribution in [1.29, 1.82) is 0 Å². The number of aliphatic hydroxyl groups is 1. The molecule has 2 aliphatic rings. The fourth-order valence-corrected chi connectivity index (χ4v) is 4.31. The Morgan fingerprint density at radius 3 is 2.92 bits per heavy atom. The number of carbonyl (C=O) groups is 1. The summed E-state index contributed by atoms with van der Waals surface area (Å²) in [6, 6.07) is 4.68. The normalized spacial score (nSPS) is 25.5. The first kappa shape index (κ1) is 17.6. The quantitative estimate of drug-likeness (QED) is 0.904. The van der Waals surface area contributed by atoms with Crippen molar-refractivity contribution in [1.82, 2.24) is 9.80 Å². The molecule has 1 aromatic carbocycles. The molecule has 24 heavy (non-hydrogen) atoms. The number of halogens is 2. The number of nitrogens with zero attached hydrogens (tertiary/aromatic N) is 2. The van der Waals surface area contributed by atoms with Gasteiger partial charge in [0.1, 0.15) is 5.82 Å². The predicted molar refractivity (Wildman–Crippen MR) is 91.3 cm³/mol. The van der Waals surface area contributed by atoms with Crippen molar-refractivity contribution in [2.45, 2.75) is 32.2 Å². The van der Waals surface area contributed by atoms with Crippen molar-refractivity contribution in [2.75, 3.05) is 32.8 Å². The van der Waals surface area contributed by atoms with Crippen molar-refractivity contribution >= 4 is 17.5 Å². The van der Waals surface area contributed by atoms with E-state index in [0.717, 1.165) is 32.4 Å².